The highest BCUT2D eigenvalue weighted by molar-refractivity contribution is 8.01. The average Bonchev–Trinajstić information content (AvgIpc) is 3.05. The van der Waals surface area contributed by atoms with E-state index in [1.165, 1.54) is 33.0 Å². The minimum absolute atomic E-state index is 0.0270. The minimum atomic E-state index is -2.29. The molecule has 0 aliphatic carbocycles. The number of nitrogens with zero attached hydrogens (tertiary/aromatic N) is 2. The van der Waals surface area contributed by atoms with E-state index in [1.54, 1.807) is 37.3 Å². The molecular weight excluding hydrogens is 745 g/mol. The molecule has 14 nitrogen and oxygen atoms in total. The zero-order valence-electron chi connectivity index (χ0n) is 25.7. The SMILES string of the molecule is Cc1cc(SCC2=C(C(=O)O)N3C(=O)[C@@H](NC(=O)CSc4cc(Cl)ccc4Cl)[C@H]3SC2)cc(CCC(=O)O)[n+]1C[C@@H](O)[C@H](O)[C@@H](O)C(O)O. The monoisotopic (exact) mass is 778 g/mol. The molecular formula is C30H34Cl2N3O11S3+. The topological polar surface area (TPSA) is 229 Å². The summed E-state index contributed by atoms with van der Waals surface area (Å²) in [5, 5.41) is 71.0. The molecule has 4 rings (SSSR count). The lowest BCUT2D eigenvalue weighted by molar-refractivity contribution is -0.717. The number of carboxylic acid groups (broad SMARTS) is 2. The number of aliphatic hydroxyl groups excluding tert-OH is 4. The van der Waals surface area contributed by atoms with Gasteiger partial charge in [0.2, 0.25) is 5.91 Å². The molecule has 19 heteroatoms. The number of carboxylic acids is 2. The molecule has 1 fully saturated rings. The smallest absolute Gasteiger partial charge is 0.352 e. The maximum absolute atomic E-state index is 13.1. The second kappa shape index (κ2) is 17.1. The van der Waals surface area contributed by atoms with Crippen LogP contribution < -0.4 is 9.88 Å². The van der Waals surface area contributed by atoms with E-state index in [9.17, 15) is 44.7 Å². The molecule has 8 N–H and O–H groups in total. The fraction of sp³-hybridized carbons (Fsp3) is 0.433. The van der Waals surface area contributed by atoms with Gasteiger partial charge in [-0.05, 0) is 23.8 Å². The molecule has 5 atom stereocenters. The van der Waals surface area contributed by atoms with Gasteiger partial charge in [0, 0.05) is 51.8 Å². The Labute approximate surface area is 303 Å². The van der Waals surface area contributed by atoms with Gasteiger partial charge in [-0.3, -0.25) is 19.3 Å². The molecule has 2 aromatic rings. The fourth-order valence-corrected chi connectivity index (χ4v) is 9.02. The maximum Gasteiger partial charge on any atom is 0.352 e. The van der Waals surface area contributed by atoms with Gasteiger partial charge in [-0.1, -0.05) is 23.2 Å². The Kier molecular flexibility index (Phi) is 13.7. The van der Waals surface area contributed by atoms with E-state index in [0.29, 0.717) is 36.8 Å². The second-order valence-corrected chi connectivity index (χ2v) is 15.2. The molecule has 2 amide bonds. The van der Waals surface area contributed by atoms with Gasteiger partial charge in [0.25, 0.3) is 5.91 Å². The number of hydrogen-bond donors (Lipinski definition) is 8. The first-order valence-electron chi connectivity index (χ1n) is 14.6. The molecule has 2 aliphatic heterocycles. The predicted molar refractivity (Wildman–Crippen MR) is 181 cm³/mol. The number of thioether (sulfide) groups is 3. The zero-order chi connectivity index (χ0) is 36.2. The molecule has 0 radical (unpaired) electrons. The van der Waals surface area contributed by atoms with Crippen LogP contribution in [-0.4, -0.2) is 118 Å². The molecule has 266 valence electrons. The molecule has 1 aromatic heterocycles. The highest BCUT2D eigenvalue weighted by Gasteiger charge is 2.54. The lowest BCUT2D eigenvalue weighted by atomic mass is 10.0. The Morgan fingerprint density at radius 1 is 1.06 bits per heavy atom. The number of halogens is 2. The number of nitrogens with one attached hydrogen (secondary N) is 1. The Morgan fingerprint density at radius 3 is 2.43 bits per heavy atom. The van der Waals surface area contributed by atoms with E-state index >= 15 is 0 Å². The average molecular weight is 780 g/mol. The quantitative estimate of drug-likeness (QED) is 0.0506. The number of aliphatic carboxylic acids is 2. The van der Waals surface area contributed by atoms with Crippen LogP contribution in [0.25, 0.3) is 0 Å². The van der Waals surface area contributed by atoms with Crippen molar-refractivity contribution in [3.63, 3.8) is 0 Å². The van der Waals surface area contributed by atoms with Gasteiger partial charge >= 0.3 is 11.9 Å². The number of carbonyl (C=O) groups excluding carboxylic acids is 2. The number of rotatable bonds is 16. The van der Waals surface area contributed by atoms with Gasteiger partial charge in [-0.25, -0.2) is 4.79 Å². The summed E-state index contributed by atoms with van der Waals surface area (Å²) in [4.78, 5) is 51.9. The van der Waals surface area contributed by atoms with Crippen LogP contribution in [0.2, 0.25) is 10.0 Å². The molecule has 1 saturated heterocycles. The van der Waals surface area contributed by atoms with Crippen molar-refractivity contribution in [2.75, 3.05) is 17.3 Å². The number of amides is 2. The van der Waals surface area contributed by atoms with Crippen molar-refractivity contribution in [2.24, 2.45) is 0 Å². The highest BCUT2D eigenvalue weighted by Crippen LogP contribution is 2.42. The number of β-lactam (4-membered cyclic amide) rings is 1. The summed E-state index contributed by atoms with van der Waals surface area (Å²) in [6, 6.07) is 7.32. The number of hydrogen-bond acceptors (Lipinski definition) is 12. The molecule has 0 bridgehead atoms. The zero-order valence-corrected chi connectivity index (χ0v) is 29.7. The van der Waals surface area contributed by atoms with E-state index in [4.69, 9.17) is 33.4 Å². The summed E-state index contributed by atoms with van der Waals surface area (Å²) in [6.45, 7) is 1.37. The Hall–Kier alpha value is -2.58. The van der Waals surface area contributed by atoms with E-state index in [1.807, 2.05) is 0 Å². The Morgan fingerprint density at radius 2 is 1.78 bits per heavy atom. The van der Waals surface area contributed by atoms with Crippen molar-refractivity contribution in [3.05, 3.63) is 63.0 Å². The van der Waals surface area contributed by atoms with Crippen molar-refractivity contribution in [1.29, 1.82) is 0 Å². The summed E-state index contributed by atoms with van der Waals surface area (Å²) in [7, 11) is 0. The summed E-state index contributed by atoms with van der Waals surface area (Å²) in [6.07, 6.45) is -8.12. The van der Waals surface area contributed by atoms with Crippen molar-refractivity contribution in [2.45, 2.75) is 72.1 Å². The highest BCUT2D eigenvalue weighted by atomic mass is 35.5. The third-order valence-electron chi connectivity index (χ3n) is 7.68. The number of carbonyl (C=O) groups is 4. The van der Waals surface area contributed by atoms with Gasteiger partial charge < -0.3 is 41.1 Å². The van der Waals surface area contributed by atoms with Crippen LogP contribution in [0.15, 0.2) is 51.4 Å². The first-order valence-corrected chi connectivity index (χ1v) is 18.4. The summed E-state index contributed by atoms with van der Waals surface area (Å²) < 4.78 is 1.54. The normalized spacial score (nSPS) is 19.3. The standard InChI is InChI=1S/C30H33Cl2N3O11S3/c1-13-6-17(8-16(3-5-22(38)39)34(13)9-19(36)25(40)26(41)30(45)46)47-10-14-11-49-28-23(27(42)35(28)24(14)29(43)44)33-21(37)12-48-20-7-15(31)2-4-18(20)32/h2,4,6-8,19,23,25-26,28,30,36,40-41,45-46H,3,5,9-12H2,1H3,(H2-,33,37,38,39,43,44)/p+1/t19-,23-,25+,26-,28-/m1/s1. The largest absolute Gasteiger partial charge is 0.481 e. The van der Waals surface area contributed by atoms with Crippen LogP contribution in [-0.2, 0) is 32.1 Å². The van der Waals surface area contributed by atoms with Gasteiger partial charge in [0.15, 0.2) is 24.2 Å². The molecule has 3 heterocycles. The van der Waals surface area contributed by atoms with Crippen LogP contribution >= 0.6 is 58.5 Å². The van der Waals surface area contributed by atoms with E-state index < -0.39 is 59.8 Å². The van der Waals surface area contributed by atoms with Crippen LogP contribution in [0.1, 0.15) is 17.8 Å². The number of aryl methyl sites for hydroxylation is 2. The third-order valence-corrected chi connectivity index (χ3v) is 11.8. The van der Waals surface area contributed by atoms with Crippen molar-refractivity contribution >= 4 is 82.2 Å². The van der Waals surface area contributed by atoms with E-state index in [2.05, 4.69) is 5.32 Å². The molecule has 2 aliphatic rings. The molecule has 1 aromatic carbocycles. The van der Waals surface area contributed by atoms with Gasteiger partial charge in [-0.2, -0.15) is 4.57 Å². The number of benzene rings is 1. The van der Waals surface area contributed by atoms with Gasteiger partial charge in [-0.15, -0.1) is 35.3 Å². The number of aliphatic hydroxyl groups is 5. The maximum atomic E-state index is 13.1. The first-order chi connectivity index (χ1) is 23.1. The lowest BCUT2D eigenvalue weighted by Crippen LogP contribution is -2.70. The fourth-order valence-electron chi connectivity index (χ4n) is 5.19. The van der Waals surface area contributed by atoms with Crippen LogP contribution in [0.3, 0.4) is 0 Å². The summed E-state index contributed by atoms with van der Waals surface area (Å²) in [5.41, 5.74) is 1.29. The predicted octanol–water partition coefficient (Wildman–Crippen LogP) is 0.623. The van der Waals surface area contributed by atoms with Crippen molar-refractivity contribution < 1.29 is 59.5 Å². The van der Waals surface area contributed by atoms with Gasteiger partial charge in [0.1, 0.15) is 35.4 Å². The molecule has 0 spiro atoms. The minimum Gasteiger partial charge on any atom is -0.481 e. The third kappa shape index (κ3) is 9.61. The van der Waals surface area contributed by atoms with Crippen LogP contribution in [0.5, 0.6) is 0 Å². The van der Waals surface area contributed by atoms with Crippen LogP contribution in [0.4, 0.5) is 0 Å². The molecule has 49 heavy (non-hydrogen) atoms. The van der Waals surface area contributed by atoms with Crippen LogP contribution in [0, 0.1) is 6.92 Å². The van der Waals surface area contributed by atoms with E-state index in [-0.39, 0.29) is 42.3 Å². The number of pyridine rings is 1. The number of aromatic nitrogens is 1. The van der Waals surface area contributed by atoms with Crippen molar-refractivity contribution in [1.82, 2.24) is 10.2 Å². The van der Waals surface area contributed by atoms with E-state index in [0.717, 1.165) is 11.8 Å². The lowest BCUT2D eigenvalue weighted by Gasteiger charge is -2.49. The number of fused-ring (bicyclic) bond motifs is 1. The second-order valence-electron chi connectivity index (χ2n) is 11.2. The Bertz CT molecular complexity index is 1650. The summed E-state index contributed by atoms with van der Waals surface area (Å²) in [5.74, 6) is -2.96. The molecule has 0 saturated carbocycles. The first kappa shape index (κ1) is 39.2. The van der Waals surface area contributed by atoms with Crippen molar-refractivity contribution in [3.8, 4) is 0 Å². The summed E-state index contributed by atoms with van der Waals surface area (Å²) >= 11 is 15.9. The molecule has 0 unspecified atom stereocenters. The Balaban J connectivity index is 1.46. The van der Waals surface area contributed by atoms with Gasteiger partial charge in [0.05, 0.1) is 17.2 Å².